The minimum atomic E-state index is -1.73. The normalized spacial score (nSPS) is 17.2. The maximum Gasteiger partial charge on any atom is 0.142 e. The molecule has 0 fully saturated rings. The lowest BCUT2D eigenvalue weighted by atomic mass is 9.58. The summed E-state index contributed by atoms with van der Waals surface area (Å²) in [6.07, 6.45) is 0. The Balaban J connectivity index is 1.57. The van der Waals surface area contributed by atoms with Crippen molar-refractivity contribution >= 4 is 0 Å². The molecule has 0 atom stereocenters. The van der Waals surface area contributed by atoms with Crippen molar-refractivity contribution in [2.24, 2.45) is 0 Å². The number of hydrogen-bond donors (Lipinski definition) is 2. The van der Waals surface area contributed by atoms with Gasteiger partial charge in [-0.3, -0.25) is 0 Å². The summed E-state index contributed by atoms with van der Waals surface area (Å²) >= 11 is 0. The number of fused-ring (bicyclic) bond motifs is 2. The highest BCUT2D eigenvalue weighted by atomic mass is 16.3. The molecule has 8 aromatic rings. The molecule has 0 radical (unpaired) electrons. The van der Waals surface area contributed by atoms with Crippen LogP contribution in [0, 0.1) is 27.7 Å². The van der Waals surface area contributed by atoms with Crippen LogP contribution in [-0.2, 0) is 11.2 Å². The molecule has 0 unspecified atom stereocenters. The molecule has 56 heavy (non-hydrogen) atoms. The number of benzene rings is 8. The molecular weight excluding hydrogens is 681 g/mol. The van der Waals surface area contributed by atoms with Gasteiger partial charge in [0.1, 0.15) is 11.2 Å². The van der Waals surface area contributed by atoms with Gasteiger partial charge in [0, 0.05) is 22.3 Å². The van der Waals surface area contributed by atoms with E-state index in [4.69, 9.17) is 0 Å². The molecule has 1 aliphatic carbocycles. The van der Waals surface area contributed by atoms with E-state index in [9.17, 15) is 10.2 Å². The van der Waals surface area contributed by atoms with Gasteiger partial charge in [-0.05, 0) is 83.3 Å². The van der Waals surface area contributed by atoms with Crippen molar-refractivity contribution in [3.05, 3.63) is 238 Å². The quantitative estimate of drug-likeness (QED) is 0.179. The van der Waals surface area contributed by atoms with Crippen molar-refractivity contribution in [2.45, 2.75) is 38.9 Å². The smallest absolute Gasteiger partial charge is 0.142 e. The molecule has 272 valence electrons. The SMILES string of the molecule is Cc1ccc(-c2ccc(-c3ccc(C)cc3)c3c2C(O)(c2ccccc2)c2c(-c4ccc(C)cc4)ccc(-c4ccc(C)cc4)c2C3(O)c2ccccc2)cc1. The molecule has 8 aromatic carbocycles. The monoisotopic (exact) mass is 724 g/mol. The van der Waals surface area contributed by atoms with Gasteiger partial charge in [-0.2, -0.15) is 0 Å². The van der Waals surface area contributed by atoms with Gasteiger partial charge in [-0.15, -0.1) is 0 Å². The van der Waals surface area contributed by atoms with Crippen LogP contribution in [0.1, 0.15) is 55.6 Å². The zero-order valence-corrected chi connectivity index (χ0v) is 32.2. The van der Waals surface area contributed by atoms with Crippen LogP contribution in [0.25, 0.3) is 44.5 Å². The molecule has 0 heterocycles. The molecule has 2 heteroatoms. The molecule has 0 saturated heterocycles. The summed E-state index contributed by atoms with van der Waals surface area (Å²) in [6, 6.07) is 62.6. The number of aryl methyl sites for hydroxylation is 4. The molecular formula is C54H44O2. The predicted molar refractivity (Wildman–Crippen MR) is 231 cm³/mol. The summed E-state index contributed by atoms with van der Waals surface area (Å²) < 4.78 is 0. The van der Waals surface area contributed by atoms with E-state index in [1.54, 1.807) is 0 Å². The zero-order chi connectivity index (χ0) is 38.6. The Morgan fingerprint density at radius 2 is 0.482 bits per heavy atom. The van der Waals surface area contributed by atoms with E-state index in [2.05, 4.69) is 149 Å². The van der Waals surface area contributed by atoms with E-state index >= 15 is 0 Å². The number of aliphatic hydroxyl groups is 2. The zero-order valence-electron chi connectivity index (χ0n) is 32.2. The van der Waals surface area contributed by atoms with Gasteiger partial charge in [0.2, 0.25) is 0 Å². The van der Waals surface area contributed by atoms with Crippen molar-refractivity contribution in [1.29, 1.82) is 0 Å². The van der Waals surface area contributed by atoms with Crippen LogP contribution in [0.4, 0.5) is 0 Å². The maximum atomic E-state index is 14.5. The fraction of sp³-hybridized carbons (Fsp3) is 0.111. The lowest BCUT2D eigenvalue weighted by Crippen LogP contribution is -2.46. The van der Waals surface area contributed by atoms with Gasteiger partial charge in [-0.1, -0.05) is 204 Å². The van der Waals surface area contributed by atoms with Crippen LogP contribution >= 0.6 is 0 Å². The van der Waals surface area contributed by atoms with Gasteiger partial charge in [0.15, 0.2) is 0 Å². The Labute approximate surface area is 330 Å². The van der Waals surface area contributed by atoms with Crippen molar-refractivity contribution in [2.75, 3.05) is 0 Å². The standard InChI is InChI=1S/C54H44O2/c1-35-15-23-39(24-16-35)45-31-32-46(40-25-17-36(2)18-26-40)50-49(45)53(55,43-11-7-5-8-12-43)51-47(41-27-19-37(3)20-28-41)33-34-48(42-29-21-38(4)22-30-42)52(51)54(50,56)44-13-9-6-10-14-44/h5-34,55-56H,1-4H3. The summed E-state index contributed by atoms with van der Waals surface area (Å²) in [5, 5.41) is 29.1. The van der Waals surface area contributed by atoms with Crippen LogP contribution in [0.15, 0.2) is 182 Å². The van der Waals surface area contributed by atoms with Crippen LogP contribution in [-0.4, -0.2) is 10.2 Å². The first kappa shape index (κ1) is 35.4. The summed E-state index contributed by atoms with van der Waals surface area (Å²) in [6.45, 7) is 8.35. The van der Waals surface area contributed by atoms with Gasteiger partial charge in [-0.25, -0.2) is 0 Å². The fourth-order valence-electron chi connectivity index (χ4n) is 8.79. The van der Waals surface area contributed by atoms with Crippen molar-refractivity contribution < 1.29 is 10.2 Å². The second-order valence-corrected chi connectivity index (χ2v) is 15.4. The van der Waals surface area contributed by atoms with E-state index in [0.29, 0.717) is 22.3 Å². The molecule has 1 aliphatic rings. The third-order valence-corrected chi connectivity index (χ3v) is 11.7. The third-order valence-electron chi connectivity index (χ3n) is 11.7. The summed E-state index contributed by atoms with van der Waals surface area (Å²) in [4.78, 5) is 0. The molecule has 0 amide bonds. The van der Waals surface area contributed by atoms with Crippen LogP contribution in [0.2, 0.25) is 0 Å². The number of rotatable bonds is 6. The Bertz CT molecular complexity index is 2350. The first-order chi connectivity index (χ1) is 27.2. The highest BCUT2D eigenvalue weighted by Gasteiger charge is 2.55. The lowest BCUT2D eigenvalue weighted by Gasteiger charge is -2.49. The Kier molecular flexibility index (Phi) is 8.70. The first-order valence-electron chi connectivity index (χ1n) is 19.4. The predicted octanol–water partition coefficient (Wildman–Crippen LogP) is 12.5. The van der Waals surface area contributed by atoms with E-state index < -0.39 is 11.2 Å². The molecule has 2 nitrogen and oxygen atoms in total. The van der Waals surface area contributed by atoms with Crippen molar-refractivity contribution in [3.8, 4) is 44.5 Å². The average molecular weight is 725 g/mol. The second-order valence-electron chi connectivity index (χ2n) is 15.4. The third kappa shape index (κ3) is 5.64. The van der Waals surface area contributed by atoms with Gasteiger partial charge < -0.3 is 10.2 Å². The highest BCUT2D eigenvalue weighted by molar-refractivity contribution is 5.91. The van der Waals surface area contributed by atoms with Crippen molar-refractivity contribution in [3.63, 3.8) is 0 Å². The largest absolute Gasteiger partial charge is 0.376 e. The Morgan fingerprint density at radius 3 is 0.696 bits per heavy atom. The topological polar surface area (TPSA) is 40.5 Å². The van der Waals surface area contributed by atoms with Gasteiger partial charge in [0.05, 0.1) is 0 Å². The van der Waals surface area contributed by atoms with Crippen LogP contribution < -0.4 is 0 Å². The summed E-state index contributed by atoms with van der Waals surface area (Å²) in [5.74, 6) is 0. The first-order valence-corrected chi connectivity index (χ1v) is 19.4. The molecule has 0 bridgehead atoms. The minimum Gasteiger partial charge on any atom is -0.376 e. The van der Waals surface area contributed by atoms with Crippen molar-refractivity contribution in [1.82, 2.24) is 0 Å². The van der Waals surface area contributed by atoms with E-state index in [1.165, 1.54) is 0 Å². The molecule has 0 aliphatic heterocycles. The summed E-state index contributed by atoms with van der Waals surface area (Å²) in [7, 11) is 0. The van der Waals surface area contributed by atoms with E-state index in [0.717, 1.165) is 77.9 Å². The van der Waals surface area contributed by atoms with Gasteiger partial charge >= 0.3 is 0 Å². The molecule has 0 saturated carbocycles. The van der Waals surface area contributed by atoms with E-state index in [1.807, 2.05) is 60.7 Å². The molecule has 0 spiro atoms. The average Bonchev–Trinajstić information content (AvgIpc) is 3.24. The molecule has 9 rings (SSSR count). The van der Waals surface area contributed by atoms with E-state index in [-0.39, 0.29) is 0 Å². The molecule has 2 N–H and O–H groups in total. The fourth-order valence-corrected chi connectivity index (χ4v) is 8.79. The minimum absolute atomic E-state index is 0.666. The van der Waals surface area contributed by atoms with Crippen LogP contribution in [0.3, 0.4) is 0 Å². The number of hydrogen-bond acceptors (Lipinski definition) is 2. The Morgan fingerprint density at radius 1 is 0.268 bits per heavy atom. The molecule has 0 aromatic heterocycles. The van der Waals surface area contributed by atoms with Crippen LogP contribution in [0.5, 0.6) is 0 Å². The summed E-state index contributed by atoms with van der Waals surface area (Å²) in [5.41, 5.74) is 12.5. The van der Waals surface area contributed by atoms with Gasteiger partial charge in [0.25, 0.3) is 0 Å². The maximum absolute atomic E-state index is 14.5. The second kappa shape index (κ2) is 13.8. The highest BCUT2D eigenvalue weighted by Crippen LogP contribution is 2.61. The Hall–Kier alpha value is -6.32. The lowest BCUT2D eigenvalue weighted by molar-refractivity contribution is 0.0766.